The first-order valence-electron chi connectivity index (χ1n) is 5.26. The molecule has 1 amide bonds. The first kappa shape index (κ1) is 11.2. The van der Waals surface area contributed by atoms with Gasteiger partial charge in [0.2, 0.25) is 0 Å². The van der Waals surface area contributed by atoms with Crippen LogP contribution in [-0.2, 0) is 0 Å². The lowest BCUT2D eigenvalue weighted by Gasteiger charge is -2.08. The number of benzene rings is 1. The van der Waals surface area contributed by atoms with Gasteiger partial charge in [0.15, 0.2) is 0 Å². The Hall–Kier alpha value is -2.30. The number of aromatic nitrogens is 2. The summed E-state index contributed by atoms with van der Waals surface area (Å²) in [4.78, 5) is 11.5. The number of carbonyl (C=O) groups is 1. The number of hydrogen-bond acceptors (Lipinski definition) is 3. The summed E-state index contributed by atoms with van der Waals surface area (Å²) in [5, 5.41) is 6.85. The summed E-state index contributed by atoms with van der Waals surface area (Å²) in [6, 6.07) is 7.00. The van der Waals surface area contributed by atoms with E-state index in [9.17, 15) is 4.79 Å². The maximum atomic E-state index is 11.5. The molecule has 17 heavy (non-hydrogen) atoms. The minimum atomic E-state index is -0.143. The van der Waals surface area contributed by atoms with Crippen molar-refractivity contribution in [2.75, 3.05) is 12.8 Å². The standard InChI is InChI=1S/C12H14N4O/c1-8-5-6-16(15-8)11-7-9(12(17)14-2)3-4-10(11)13/h3-7H,13H2,1-2H3,(H,14,17). The van der Waals surface area contributed by atoms with Crippen molar-refractivity contribution in [1.29, 1.82) is 0 Å². The Morgan fingerprint density at radius 2 is 2.18 bits per heavy atom. The van der Waals surface area contributed by atoms with Gasteiger partial charge in [-0.25, -0.2) is 4.68 Å². The Morgan fingerprint density at radius 1 is 1.41 bits per heavy atom. The third kappa shape index (κ3) is 2.13. The van der Waals surface area contributed by atoms with Gasteiger partial charge < -0.3 is 11.1 Å². The summed E-state index contributed by atoms with van der Waals surface area (Å²) < 4.78 is 1.66. The molecule has 1 heterocycles. The number of nitrogen functional groups attached to an aromatic ring is 1. The molecular weight excluding hydrogens is 216 g/mol. The van der Waals surface area contributed by atoms with Crippen molar-refractivity contribution in [3.63, 3.8) is 0 Å². The van der Waals surface area contributed by atoms with Crippen LogP contribution in [-0.4, -0.2) is 22.7 Å². The van der Waals surface area contributed by atoms with Crippen LogP contribution in [0.5, 0.6) is 0 Å². The van der Waals surface area contributed by atoms with Crippen molar-refractivity contribution in [3.8, 4) is 5.69 Å². The molecule has 0 unspecified atom stereocenters. The fourth-order valence-electron chi connectivity index (χ4n) is 1.58. The van der Waals surface area contributed by atoms with E-state index in [-0.39, 0.29) is 5.91 Å². The molecule has 0 spiro atoms. The third-order valence-corrected chi connectivity index (χ3v) is 2.49. The maximum Gasteiger partial charge on any atom is 0.251 e. The highest BCUT2D eigenvalue weighted by atomic mass is 16.1. The second-order valence-corrected chi connectivity index (χ2v) is 3.75. The van der Waals surface area contributed by atoms with Gasteiger partial charge in [-0.1, -0.05) is 0 Å². The van der Waals surface area contributed by atoms with E-state index in [1.165, 1.54) is 0 Å². The number of rotatable bonds is 2. The van der Waals surface area contributed by atoms with Crippen LogP contribution in [0.2, 0.25) is 0 Å². The van der Waals surface area contributed by atoms with Crippen LogP contribution in [0.3, 0.4) is 0 Å². The first-order valence-corrected chi connectivity index (χ1v) is 5.26. The number of aryl methyl sites for hydroxylation is 1. The molecule has 0 aliphatic heterocycles. The minimum Gasteiger partial charge on any atom is -0.397 e. The lowest BCUT2D eigenvalue weighted by Crippen LogP contribution is -2.18. The molecule has 0 atom stereocenters. The Bertz CT molecular complexity index is 559. The summed E-state index contributed by atoms with van der Waals surface area (Å²) in [5.74, 6) is -0.143. The topological polar surface area (TPSA) is 72.9 Å². The van der Waals surface area contributed by atoms with E-state index in [0.717, 1.165) is 5.69 Å². The van der Waals surface area contributed by atoms with Crippen LogP contribution in [0.15, 0.2) is 30.5 Å². The fourth-order valence-corrected chi connectivity index (χ4v) is 1.58. The van der Waals surface area contributed by atoms with Crippen molar-refractivity contribution < 1.29 is 4.79 Å². The highest BCUT2D eigenvalue weighted by molar-refractivity contribution is 5.95. The van der Waals surface area contributed by atoms with E-state index >= 15 is 0 Å². The SMILES string of the molecule is CNC(=O)c1ccc(N)c(-n2ccc(C)n2)c1. The minimum absolute atomic E-state index is 0.143. The Morgan fingerprint density at radius 3 is 2.76 bits per heavy atom. The van der Waals surface area contributed by atoms with E-state index in [1.54, 1.807) is 29.9 Å². The first-order chi connectivity index (χ1) is 8.11. The van der Waals surface area contributed by atoms with E-state index < -0.39 is 0 Å². The molecular formula is C12H14N4O. The van der Waals surface area contributed by atoms with Crippen LogP contribution < -0.4 is 11.1 Å². The van der Waals surface area contributed by atoms with Gasteiger partial charge in [0.25, 0.3) is 5.91 Å². The Kier molecular flexibility index (Phi) is 2.82. The van der Waals surface area contributed by atoms with E-state index in [4.69, 9.17) is 5.73 Å². The van der Waals surface area contributed by atoms with Gasteiger partial charge in [0.05, 0.1) is 17.1 Å². The second-order valence-electron chi connectivity index (χ2n) is 3.75. The predicted molar refractivity (Wildman–Crippen MR) is 66.1 cm³/mol. The molecule has 2 rings (SSSR count). The summed E-state index contributed by atoms with van der Waals surface area (Å²) in [6.07, 6.45) is 1.81. The summed E-state index contributed by atoms with van der Waals surface area (Å²) in [5.41, 5.74) is 8.63. The van der Waals surface area contributed by atoms with E-state index in [1.807, 2.05) is 19.2 Å². The van der Waals surface area contributed by atoms with Gasteiger partial charge in [-0.2, -0.15) is 5.10 Å². The van der Waals surface area contributed by atoms with Crippen molar-refractivity contribution in [2.24, 2.45) is 0 Å². The molecule has 88 valence electrons. The Balaban J connectivity index is 2.49. The molecule has 3 N–H and O–H groups in total. The van der Waals surface area contributed by atoms with Crippen LogP contribution in [0.25, 0.3) is 5.69 Å². The normalized spacial score (nSPS) is 10.2. The van der Waals surface area contributed by atoms with Gasteiger partial charge >= 0.3 is 0 Å². The number of anilines is 1. The van der Waals surface area contributed by atoms with Gasteiger partial charge in [-0.05, 0) is 31.2 Å². The highest BCUT2D eigenvalue weighted by Crippen LogP contribution is 2.18. The lowest BCUT2D eigenvalue weighted by molar-refractivity contribution is 0.0963. The molecule has 0 saturated heterocycles. The molecule has 1 aromatic carbocycles. The van der Waals surface area contributed by atoms with Crippen molar-refractivity contribution in [1.82, 2.24) is 15.1 Å². The van der Waals surface area contributed by atoms with Crippen LogP contribution in [0.4, 0.5) is 5.69 Å². The van der Waals surface area contributed by atoms with Crippen LogP contribution in [0.1, 0.15) is 16.1 Å². The molecule has 0 fully saturated rings. The highest BCUT2D eigenvalue weighted by Gasteiger charge is 2.08. The number of nitrogens with two attached hydrogens (primary N) is 1. The van der Waals surface area contributed by atoms with E-state index in [2.05, 4.69) is 10.4 Å². The van der Waals surface area contributed by atoms with Gasteiger partial charge in [-0.3, -0.25) is 4.79 Å². The lowest BCUT2D eigenvalue weighted by atomic mass is 10.1. The smallest absolute Gasteiger partial charge is 0.251 e. The molecule has 0 aliphatic carbocycles. The average molecular weight is 230 g/mol. The maximum absolute atomic E-state index is 11.5. The summed E-state index contributed by atoms with van der Waals surface area (Å²) in [6.45, 7) is 1.90. The van der Waals surface area contributed by atoms with E-state index in [0.29, 0.717) is 16.9 Å². The largest absolute Gasteiger partial charge is 0.397 e. The number of hydrogen-bond donors (Lipinski definition) is 2. The molecule has 0 radical (unpaired) electrons. The second kappa shape index (κ2) is 4.29. The number of nitrogens with one attached hydrogen (secondary N) is 1. The molecule has 0 bridgehead atoms. The molecule has 5 heteroatoms. The zero-order valence-corrected chi connectivity index (χ0v) is 9.77. The van der Waals surface area contributed by atoms with Gasteiger partial charge in [-0.15, -0.1) is 0 Å². The van der Waals surface area contributed by atoms with Crippen molar-refractivity contribution >= 4 is 11.6 Å². The Labute approximate surface area is 99.2 Å². The van der Waals surface area contributed by atoms with Gasteiger partial charge in [0.1, 0.15) is 0 Å². The third-order valence-electron chi connectivity index (χ3n) is 2.49. The summed E-state index contributed by atoms with van der Waals surface area (Å²) >= 11 is 0. The van der Waals surface area contributed by atoms with Crippen LogP contribution >= 0.6 is 0 Å². The number of nitrogens with zero attached hydrogens (tertiary/aromatic N) is 2. The predicted octanol–water partition coefficient (Wildman–Crippen LogP) is 1.12. The molecule has 1 aromatic heterocycles. The zero-order valence-electron chi connectivity index (χ0n) is 9.77. The molecule has 5 nitrogen and oxygen atoms in total. The summed E-state index contributed by atoms with van der Waals surface area (Å²) in [7, 11) is 1.59. The molecule has 2 aromatic rings. The number of amides is 1. The average Bonchev–Trinajstić information content (AvgIpc) is 2.75. The zero-order chi connectivity index (χ0) is 12.4. The van der Waals surface area contributed by atoms with Crippen LogP contribution in [0, 0.1) is 6.92 Å². The molecule has 0 saturated carbocycles. The van der Waals surface area contributed by atoms with Crippen molar-refractivity contribution in [2.45, 2.75) is 6.92 Å². The van der Waals surface area contributed by atoms with Crippen molar-refractivity contribution in [3.05, 3.63) is 41.7 Å². The quantitative estimate of drug-likeness (QED) is 0.759. The fraction of sp³-hybridized carbons (Fsp3) is 0.167. The monoisotopic (exact) mass is 230 g/mol. The number of carbonyl (C=O) groups excluding carboxylic acids is 1. The molecule has 0 aliphatic rings. The van der Waals surface area contributed by atoms with Gasteiger partial charge in [0, 0.05) is 18.8 Å².